The lowest BCUT2D eigenvalue weighted by atomic mass is 10.1. The number of benzene rings is 1. The minimum Gasteiger partial charge on any atom is -0.497 e. The van der Waals surface area contributed by atoms with Crippen molar-refractivity contribution in [1.29, 1.82) is 0 Å². The van der Waals surface area contributed by atoms with Gasteiger partial charge in [-0.05, 0) is 30.5 Å². The molecule has 0 amide bonds. The van der Waals surface area contributed by atoms with Crippen molar-refractivity contribution in [3.05, 3.63) is 42.6 Å². The van der Waals surface area contributed by atoms with E-state index in [1.165, 1.54) is 4.90 Å². The van der Waals surface area contributed by atoms with E-state index in [0.29, 0.717) is 0 Å². The number of methoxy groups -OCH3 is 1. The third-order valence-corrected chi connectivity index (χ3v) is 3.10. The second-order valence-electron chi connectivity index (χ2n) is 3.29. The lowest BCUT2D eigenvalue weighted by Crippen LogP contribution is -1.88. The summed E-state index contributed by atoms with van der Waals surface area (Å²) in [5, 5.41) is 0. The summed E-state index contributed by atoms with van der Waals surface area (Å²) in [5.41, 5.74) is 2.10. The predicted molar refractivity (Wildman–Crippen MR) is 75.3 cm³/mol. The monoisotopic (exact) mass is 267 g/mol. The number of nitrogens with zero attached hydrogens (tertiary/aromatic N) is 1. The highest BCUT2D eigenvalue weighted by Gasteiger charge is 2.05. The number of halogens is 1. The molecule has 0 aliphatic carbocycles. The van der Waals surface area contributed by atoms with Crippen LogP contribution < -0.4 is 4.74 Å². The largest absolute Gasteiger partial charge is 0.497 e. The first-order valence-corrected chi connectivity index (χ1v) is 6.21. The van der Waals surface area contributed by atoms with Gasteiger partial charge < -0.3 is 4.74 Å². The fraction of sp³-hybridized carbons (Fsp3) is 0.154. The highest BCUT2D eigenvalue weighted by Crippen LogP contribution is 2.29. The van der Waals surface area contributed by atoms with Crippen LogP contribution in [0.2, 0.25) is 0 Å². The van der Waals surface area contributed by atoms with Gasteiger partial charge in [-0.15, -0.1) is 24.2 Å². The number of pyridine rings is 1. The standard InChI is InChI=1S/C13H13NOS.ClH/c1-15-11-6-3-5-10(9-11)13-12(16-2)7-4-8-14-13;/h3-9H,1-2H3;1H. The topological polar surface area (TPSA) is 22.1 Å². The average molecular weight is 268 g/mol. The zero-order valence-electron chi connectivity index (χ0n) is 9.71. The molecule has 90 valence electrons. The normalized spacial score (nSPS) is 9.53. The predicted octanol–water partition coefficient (Wildman–Crippen LogP) is 3.90. The van der Waals surface area contributed by atoms with Crippen molar-refractivity contribution in [2.24, 2.45) is 0 Å². The lowest BCUT2D eigenvalue weighted by Gasteiger charge is -2.07. The summed E-state index contributed by atoms with van der Waals surface area (Å²) in [7, 11) is 1.67. The van der Waals surface area contributed by atoms with Crippen LogP contribution in [0.5, 0.6) is 5.75 Å². The first-order valence-electron chi connectivity index (χ1n) is 4.98. The van der Waals surface area contributed by atoms with E-state index < -0.39 is 0 Å². The van der Waals surface area contributed by atoms with Crippen LogP contribution in [0.15, 0.2) is 47.5 Å². The molecule has 0 saturated heterocycles. The van der Waals surface area contributed by atoms with Gasteiger partial charge in [-0.3, -0.25) is 4.98 Å². The Bertz CT molecular complexity index is 490. The van der Waals surface area contributed by atoms with Gasteiger partial charge in [-0.25, -0.2) is 0 Å². The maximum Gasteiger partial charge on any atom is 0.119 e. The first-order chi connectivity index (χ1) is 7.85. The summed E-state index contributed by atoms with van der Waals surface area (Å²) in [6, 6.07) is 12.0. The molecule has 0 fully saturated rings. The zero-order chi connectivity index (χ0) is 11.4. The Labute approximate surface area is 112 Å². The molecule has 1 aromatic carbocycles. The second-order valence-corrected chi connectivity index (χ2v) is 4.13. The molecule has 0 N–H and O–H groups in total. The Morgan fingerprint density at radius 1 is 1.18 bits per heavy atom. The highest BCUT2D eigenvalue weighted by molar-refractivity contribution is 7.98. The van der Waals surface area contributed by atoms with E-state index in [1.807, 2.05) is 36.5 Å². The van der Waals surface area contributed by atoms with Gasteiger partial charge >= 0.3 is 0 Å². The van der Waals surface area contributed by atoms with Crippen molar-refractivity contribution in [3.63, 3.8) is 0 Å². The fourth-order valence-corrected chi connectivity index (χ4v) is 2.12. The van der Waals surface area contributed by atoms with Gasteiger partial charge in [0.2, 0.25) is 0 Å². The van der Waals surface area contributed by atoms with Crippen LogP contribution in [-0.2, 0) is 0 Å². The number of rotatable bonds is 3. The van der Waals surface area contributed by atoms with Gasteiger partial charge in [0, 0.05) is 16.7 Å². The second kappa shape index (κ2) is 6.52. The number of aromatic nitrogens is 1. The molecule has 0 unspecified atom stereocenters. The van der Waals surface area contributed by atoms with Gasteiger partial charge in [-0.1, -0.05) is 12.1 Å². The Balaban J connectivity index is 0.00000144. The molecular weight excluding hydrogens is 254 g/mol. The van der Waals surface area contributed by atoms with Crippen molar-refractivity contribution in [1.82, 2.24) is 4.98 Å². The number of ether oxygens (including phenoxy) is 1. The van der Waals surface area contributed by atoms with Gasteiger partial charge in [-0.2, -0.15) is 0 Å². The van der Waals surface area contributed by atoms with Crippen LogP contribution in [0.25, 0.3) is 11.3 Å². The molecule has 1 aromatic heterocycles. The maximum absolute atomic E-state index is 5.22. The Hall–Kier alpha value is -1.19. The molecule has 0 atom stereocenters. The maximum atomic E-state index is 5.22. The van der Waals surface area contributed by atoms with Crippen LogP contribution >= 0.6 is 24.2 Å². The van der Waals surface area contributed by atoms with Gasteiger partial charge in [0.15, 0.2) is 0 Å². The van der Waals surface area contributed by atoms with Crippen LogP contribution in [0.3, 0.4) is 0 Å². The van der Waals surface area contributed by atoms with E-state index in [-0.39, 0.29) is 12.4 Å². The zero-order valence-corrected chi connectivity index (χ0v) is 11.3. The third-order valence-electron chi connectivity index (χ3n) is 2.33. The Morgan fingerprint density at radius 3 is 2.71 bits per heavy atom. The van der Waals surface area contributed by atoms with E-state index in [4.69, 9.17) is 4.74 Å². The molecule has 2 nitrogen and oxygen atoms in total. The van der Waals surface area contributed by atoms with Crippen molar-refractivity contribution < 1.29 is 4.74 Å². The van der Waals surface area contributed by atoms with E-state index in [9.17, 15) is 0 Å². The Morgan fingerprint density at radius 2 is 2.00 bits per heavy atom. The average Bonchev–Trinajstić information content (AvgIpc) is 2.38. The van der Waals surface area contributed by atoms with Gasteiger partial charge in [0.25, 0.3) is 0 Å². The van der Waals surface area contributed by atoms with E-state index in [2.05, 4.69) is 17.3 Å². The third kappa shape index (κ3) is 3.14. The molecule has 0 aliphatic rings. The first kappa shape index (κ1) is 13.9. The molecule has 2 aromatic rings. The molecule has 0 bridgehead atoms. The number of hydrogen-bond acceptors (Lipinski definition) is 3. The Kier molecular flexibility index (Phi) is 5.32. The molecule has 0 radical (unpaired) electrons. The number of thioether (sulfide) groups is 1. The van der Waals surface area contributed by atoms with Crippen molar-refractivity contribution in [2.75, 3.05) is 13.4 Å². The summed E-state index contributed by atoms with van der Waals surface area (Å²) in [6.07, 6.45) is 3.87. The summed E-state index contributed by atoms with van der Waals surface area (Å²) in [4.78, 5) is 5.60. The van der Waals surface area contributed by atoms with Gasteiger partial charge in [0.05, 0.1) is 12.8 Å². The molecule has 2 rings (SSSR count). The van der Waals surface area contributed by atoms with E-state index in [0.717, 1.165) is 17.0 Å². The molecule has 0 saturated carbocycles. The smallest absolute Gasteiger partial charge is 0.119 e. The van der Waals surface area contributed by atoms with E-state index >= 15 is 0 Å². The highest BCUT2D eigenvalue weighted by atomic mass is 35.5. The lowest BCUT2D eigenvalue weighted by molar-refractivity contribution is 0.415. The van der Waals surface area contributed by atoms with Crippen LogP contribution in [-0.4, -0.2) is 18.3 Å². The van der Waals surface area contributed by atoms with Crippen LogP contribution in [0.4, 0.5) is 0 Å². The SMILES string of the molecule is COc1cccc(-c2ncccc2SC)c1.Cl. The molecule has 0 spiro atoms. The van der Waals surface area contributed by atoms with Crippen molar-refractivity contribution in [2.45, 2.75) is 4.90 Å². The summed E-state index contributed by atoms with van der Waals surface area (Å²) >= 11 is 1.70. The molecular formula is C13H14ClNOS. The minimum absolute atomic E-state index is 0. The summed E-state index contributed by atoms with van der Waals surface area (Å²) in [5.74, 6) is 0.857. The minimum atomic E-state index is 0. The summed E-state index contributed by atoms with van der Waals surface area (Å²) < 4.78 is 5.22. The molecule has 4 heteroatoms. The van der Waals surface area contributed by atoms with Crippen LogP contribution in [0.1, 0.15) is 0 Å². The molecule has 17 heavy (non-hydrogen) atoms. The van der Waals surface area contributed by atoms with Crippen molar-refractivity contribution in [3.8, 4) is 17.0 Å². The molecule has 1 heterocycles. The fourth-order valence-electron chi connectivity index (χ4n) is 1.54. The van der Waals surface area contributed by atoms with Crippen molar-refractivity contribution >= 4 is 24.2 Å². The van der Waals surface area contributed by atoms with E-state index in [1.54, 1.807) is 18.9 Å². The number of hydrogen-bond donors (Lipinski definition) is 0. The molecule has 0 aliphatic heterocycles. The van der Waals surface area contributed by atoms with Crippen LogP contribution in [0, 0.1) is 0 Å². The quantitative estimate of drug-likeness (QED) is 0.788. The summed E-state index contributed by atoms with van der Waals surface area (Å²) in [6.45, 7) is 0. The van der Waals surface area contributed by atoms with Gasteiger partial charge in [0.1, 0.15) is 5.75 Å².